The number of nitrogens with zero attached hydrogens (tertiary/aromatic N) is 1. The van der Waals surface area contributed by atoms with E-state index in [0.717, 1.165) is 25.9 Å². The van der Waals surface area contributed by atoms with Crippen molar-refractivity contribution in [3.8, 4) is 5.75 Å². The summed E-state index contributed by atoms with van der Waals surface area (Å²) in [6.07, 6.45) is 3.81. The van der Waals surface area contributed by atoms with E-state index < -0.39 is 5.91 Å². The number of hydrogen-bond acceptors (Lipinski definition) is 4. The molecule has 0 radical (unpaired) electrons. The molecule has 124 valence electrons. The maximum atomic E-state index is 12.3. The van der Waals surface area contributed by atoms with Gasteiger partial charge in [-0.2, -0.15) is 0 Å². The fourth-order valence-corrected chi connectivity index (χ4v) is 3.30. The second kappa shape index (κ2) is 7.00. The Kier molecular flexibility index (Phi) is 4.81. The van der Waals surface area contributed by atoms with E-state index >= 15 is 0 Å². The summed E-state index contributed by atoms with van der Waals surface area (Å²) in [6, 6.07) is 7.66. The lowest BCUT2D eigenvalue weighted by Crippen LogP contribution is -2.39. The van der Waals surface area contributed by atoms with Crippen molar-refractivity contribution < 1.29 is 14.3 Å². The number of carbonyl (C=O) groups is 2. The highest BCUT2D eigenvalue weighted by molar-refractivity contribution is 5.92. The van der Waals surface area contributed by atoms with Gasteiger partial charge in [-0.05, 0) is 43.5 Å². The van der Waals surface area contributed by atoms with Crippen molar-refractivity contribution >= 4 is 11.8 Å². The van der Waals surface area contributed by atoms with Gasteiger partial charge in [-0.3, -0.25) is 9.59 Å². The Labute approximate surface area is 136 Å². The first kappa shape index (κ1) is 15.8. The molecule has 2 aliphatic rings. The van der Waals surface area contributed by atoms with Crippen molar-refractivity contribution in [1.29, 1.82) is 0 Å². The van der Waals surface area contributed by atoms with Crippen LogP contribution in [-0.4, -0.2) is 48.5 Å². The molecule has 6 heteroatoms. The monoisotopic (exact) mass is 317 g/mol. The number of nitrogens with two attached hydrogens (primary N) is 1. The Morgan fingerprint density at radius 1 is 1.17 bits per heavy atom. The number of nitrogens with one attached hydrogen (secondary N) is 1. The number of primary amides is 1. The fraction of sp³-hybridized carbons (Fsp3) is 0.529. The standard InChI is InChI=1S/C17H23N3O3/c18-17(22)12-1-5-15(6-2-12)23-10-8-16(21)20-9-7-13-3-4-14(11-20)19-13/h1-2,5-6,13-14,19H,3-4,7-11H2,(H2,18,22). The van der Waals surface area contributed by atoms with Crippen molar-refractivity contribution in [3.63, 3.8) is 0 Å². The third-order valence-corrected chi connectivity index (χ3v) is 4.60. The van der Waals surface area contributed by atoms with Crippen LogP contribution in [0.25, 0.3) is 0 Å². The number of fused-ring (bicyclic) bond motifs is 2. The Balaban J connectivity index is 1.44. The molecule has 2 bridgehead atoms. The average molecular weight is 317 g/mol. The van der Waals surface area contributed by atoms with Gasteiger partial charge in [0.1, 0.15) is 5.75 Å². The van der Waals surface area contributed by atoms with Crippen LogP contribution in [0.4, 0.5) is 0 Å². The topological polar surface area (TPSA) is 84.7 Å². The molecular formula is C17H23N3O3. The highest BCUT2D eigenvalue weighted by Crippen LogP contribution is 2.21. The maximum Gasteiger partial charge on any atom is 0.248 e. The van der Waals surface area contributed by atoms with Crippen LogP contribution in [0.5, 0.6) is 5.75 Å². The van der Waals surface area contributed by atoms with Crippen molar-refractivity contribution in [3.05, 3.63) is 29.8 Å². The lowest BCUT2D eigenvalue weighted by molar-refractivity contribution is -0.131. The Hall–Kier alpha value is -2.08. The Morgan fingerprint density at radius 2 is 1.91 bits per heavy atom. The van der Waals surface area contributed by atoms with Crippen LogP contribution in [0.1, 0.15) is 36.0 Å². The van der Waals surface area contributed by atoms with E-state index in [0.29, 0.717) is 36.4 Å². The SMILES string of the molecule is NC(=O)c1ccc(OCCC(=O)N2CCC3CCC(C2)N3)cc1. The first-order chi connectivity index (χ1) is 11.1. The van der Waals surface area contributed by atoms with Crippen LogP contribution in [0.3, 0.4) is 0 Å². The second-order valence-electron chi connectivity index (χ2n) is 6.25. The summed E-state index contributed by atoms with van der Waals surface area (Å²) < 4.78 is 5.58. The summed E-state index contributed by atoms with van der Waals surface area (Å²) in [4.78, 5) is 25.3. The lowest BCUT2D eigenvalue weighted by Gasteiger charge is -2.24. The molecule has 2 saturated heterocycles. The Bertz CT molecular complexity index is 573. The molecule has 0 spiro atoms. The number of hydrogen-bond donors (Lipinski definition) is 2. The largest absolute Gasteiger partial charge is 0.493 e. The molecule has 23 heavy (non-hydrogen) atoms. The zero-order valence-electron chi connectivity index (χ0n) is 13.2. The van der Waals surface area contributed by atoms with Gasteiger partial charge in [0.05, 0.1) is 13.0 Å². The summed E-state index contributed by atoms with van der Waals surface area (Å²) in [5.41, 5.74) is 5.63. The molecule has 2 amide bonds. The molecule has 3 rings (SSSR count). The molecule has 0 saturated carbocycles. The normalized spacial score (nSPS) is 23.4. The maximum absolute atomic E-state index is 12.3. The van der Waals surface area contributed by atoms with E-state index in [4.69, 9.17) is 10.5 Å². The van der Waals surface area contributed by atoms with Gasteiger partial charge in [0, 0.05) is 30.7 Å². The van der Waals surface area contributed by atoms with Gasteiger partial charge in [-0.15, -0.1) is 0 Å². The number of amides is 2. The van der Waals surface area contributed by atoms with E-state index in [1.165, 1.54) is 6.42 Å². The molecule has 2 atom stereocenters. The average Bonchev–Trinajstić information content (AvgIpc) is 2.86. The summed E-state index contributed by atoms with van der Waals surface area (Å²) in [6.45, 7) is 1.98. The first-order valence-electron chi connectivity index (χ1n) is 8.18. The van der Waals surface area contributed by atoms with Crippen molar-refractivity contribution in [2.24, 2.45) is 5.73 Å². The van der Waals surface area contributed by atoms with Crippen molar-refractivity contribution in [2.75, 3.05) is 19.7 Å². The van der Waals surface area contributed by atoms with Crippen LogP contribution < -0.4 is 15.8 Å². The van der Waals surface area contributed by atoms with E-state index in [1.54, 1.807) is 24.3 Å². The van der Waals surface area contributed by atoms with Crippen LogP contribution in [0.15, 0.2) is 24.3 Å². The zero-order valence-corrected chi connectivity index (χ0v) is 13.2. The highest BCUT2D eigenvalue weighted by Gasteiger charge is 2.30. The van der Waals surface area contributed by atoms with Gasteiger partial charge in [0.2, 0.25) is 11.8 Å². The van der Waals surface area contributed by atoms with Crippen LogP contribution in [0.2, 0.25) is 0 Å². The highest BCUT2D eigenvalue weighted by atomic mass is 16.5. The van der Waals surface area contributed by atoms with Gasteiger partial charge < -0.3 is 20.7 Å². The first-order valence-corrected chi connectivity index (χ1v) is 8.18. The number of ether oxygens (including phenoxy) is 1. The van der Waals surface area contributed by atoms with E-state index in [-0.39, 0.29) is 5.91 Å². The molecule has 3 N–H and O–H groups in total. The predicted molar refractivity (Wildman–Crippen MR) is 86.2 cm³/mol. The van der Waals surface area contributed by atoms with Crippen LogP contribution >= 0.6 is 0 Å². The molecule has 1 aromatic carbocycles. The van der Waals surface area contributed by atoms with E-state index in [1.807, 2.05) is 4.90 Å². The van der Waals surface area contributed by atoms with E-state index in [9.17, 15) is 9.59 Å². The minimum atomic E-state index is -0.462. The summed E-state index contributed by atoms with van der Waals surface area (Å²) in [5.74, 6) is 0.322. The van der Waals surface area contributed by atoms with E-state index in [2.05, 4.69) is 5.32 Å². The van der Waals surface area contributed by atoms with Crippen molar-refractivity contribution in [1.82, 2.24) is 10.2 Å². The number of rotatable bonds is 5. The zero-order chi connectivity index (χ0) is 16.2. The second-order valence-corrected chi connectivity index (χ2v) is 6.25. The molecule has 0 aromatic heterocycles. The van der Waals surface area contributed by atoms with Gasteiger partial charge in [0.15, 0.2) is 0 Å². The van der Waals surface area contributed by atoms with Crippen LogP contribution in [-0.2, 0) is 4.79 Å². The molecule has 1 aromatic rings. The fourth-order valence-electron chi connectivity index (χ4n) is 3.30. The summed E-state index contributed by atoms with van der Waals surface area (Å²) in [7, 11) is 0. The lowest BCUT2D eigenvalue weighted by atomic mass is 10.1. The van der Waals surface area contributed by atoms with Gasteiger partial charge in [0.25, 0.3) is 0 Å². The third kappa shape index (κ3) is 4.01. The molecule has 2 fully saturated rings. The minimum absolute atomic E-state index is 0.146. The van der Waals surface area contributed by atoms with Gasteiger partial charge in [-0.1, -0.05) is 0 Å². The summed E-state index contributed by atoms with van der Waals surface area (Å²) >= 11 is 0. The van der Waals surface area contributed by atoms with Gasteiger partial charge in [-0.25, -0.2) is 0 Å². The number of likely N-dealkylation sites (tertiary alicyclic amines) is 1. The minimum Gasteiger partial charge on any atom is -0.493 e. The smallest absolute Gasteiger partial charge is 0.248 e. The number of benzene rings is 1. The molecule has 0 aliphatic carbocycles. The molecule has 2 unspecified atom stereocenters. The quantitative estimate of drug-likeness (QED) is 0.845. The van der Waals surface area contributed by atoms with Gasteiger partial charge >= 0.3 is 0 Å². The molecule has 2 heterocycles. The predicted octanol–water partition coefficient (Wildman–Crippen LogP) is 0.907. The number of carbonyl (C=O) groups excluding carboxylic acids is 2. The third-order valence-electron chi connectivity index (χ3n) is 4.60. The Morgan fingerprint density at radius 3 is 2.65 bits per heavy atom. The molecule has 2 aliphatic heterocycles. The summed E-state index contributed by atoms with van der Waals surface area (Å²) in [5, 5.41) is 3.57. The molecule has 6 nitrogen and oxygen atoms in total. The molecular weight excluding hydrogens is 294 g/mol. The van der Waals surface area contributed by atoms with Crippen LogP contribution in [0, 0.1) is 0 Å². The van der Waals surface area contributed by atoms with Crippen molar-refractivity contribution in [2.45, 2.75) is 37.8 Å².